The molecule has 4 rings (SSSR count). The lowest BCUT2D eigenvalue weighted by molar-refractivity contribution is -0.137. The lowest BCUT2D eigenvalue weighted by atomic mass is 9.81. The average Bonchev–Trinajstić information content (AvgIpc) is 3.05. The van der Waals surface area contributed by atoms with Gasteiger partial charge in [-0.25, -0.2) is 0 Å². The highest BCUT2D eigenvalue weighted by Gasteiger charge is 2.33. The van der Waals surface area contributed by atoms with Crippen LogP contribution in [-0.4, -0.2) is 62.7 Å². The molecule has 1 saturated heterocycles. The van der Waals surface area contributed by atoms with E-state index in [9.17, 15) is 4.79 Å². The molecule has 2 aromatic carbocycles. The van der Waals surface area contributed by atoms with Crippen molar-refractivity contribution in [3.05, 3.63) is 66.2 Å². The van der Waals surface area contributed by atoms with Crippen molar-refractivity contribution in [3.8, 4) is 16.9 Å². The van der Waals surface area contributed by atoms with E-state index in [1.165, 1.54) is 11.1 Å². The van der Waals surface area contributed by atoms with Crippen LogP contribution < -0.4 is 4.74 Å². The predicted molar refractivity (Wildman–Crippen MR) is 132 cm³/mol. The Morgan fingerprint density at radius 1 is 0.970 bits per heavy atom. The van der Waals surface area contributed by atoms with Crippen LogP contribution in [0, 0.1) is 11.8 Å². The van der Waals surface area contributed by atoms with Gasteiger partial charge in [0.1, 0.15) is 5.75 Å². The molecule has 1 fully saturated rings. The molecular weight excluding hydrogens is 412 g/mol. The molecule has 5 heteroatoms. The van der Waals surface area contributed by atoms with Crippen LogP contribution in [-0.2, 0) is 16.1 Å². The summed E-state index contributed by atoms with van der Waals surface area (Å²) < 4.78 is 10.7. The summed E-state index contributed by atoms with van der Waals surface area (Å²) in [6.07, 6.45) is 7.38. The first-order valence-corrected chi connectivity index (χ1v) is 12.1. The smallest absolute Gasteiger partial charge is 0.226 e. The molecular formula is C28H36N2O3. The fourth-order valence-electron chi connectivity index (χ4n) is 5.11. The molecule has 2 heterocycles. The minimum atomic E-state index is 0.114. The number of carbonyl (C=O) groups is 1. The summed E-state index contributed by atoms with van der Waals surface area (Å²) in [6, 6.07) is 17.0. The first-order chi connectivity index (χ1) is 16.2. The van der Waals surface area contributed by atoms with Gasteiger partial charge in [-0.05, 0) is 55.5 Å². The number of methoxy groups -OCH3 is 2. The quantitative estimate of drug-likeness (QED) is 0.553. The number of hydrogen-bond acceptors (Lipinski definition) is 4. The lowest BCUT2D eigenvalue weighted by Gasteiger charge is -2.36. The molecule has 1 atom stereocenters. The first-order valence-electron chi connectivity index (χ1n) is 12.1. The van der Waals surface area contributed by atoms with Crippen molar-refractivity contribution in [1.29, 1.82) is 0 Å². The van der Waals surface area contributed by atoms with E-state index in [1.807, 2.05) is 23.1 Å². The third-order valence-corrected chi connectivity index (χ3v) is 7.06. The topological polar surface area (TPSA) is 42.0 Å². The molecule has 0 bridgehead atoms. The van der Waals surface area contributed by atoms with E-state index in [4.69, 9.17) is 9.47 Å². The van der Waals surface area contributed by atoms with Gasteiger partial charge in [-0.2, -0.15) is 0 Å². The Morgan fingerprint density at radius 2 is 1.73 bits per heavy atom. The largest absolute Gasteiger partial charge is 0.496 e. The normalized spacial score (nSPS) is 20.1. The van der Waals surface area contributed by atoms with Crippen LogP contribution in [0.25, 0.3) is 11.1 Å². The van der Waals surface area contributed by atoms with Crippen LogP contribution in [0.4, 0.5) is 0 Å². The Hall–Kier alpha value is -2.63. The van der Waals surface area contributed by atoms with Crippen LogP contribution in [0.15, 0.2) is 60.7 Å². The maximum Gasteiger partial charge on any atom is 0.226 e. The van der Waals surface area contributed by atoms with E-state index >= 15 is 0 Å². The first kappa shape index (κ1) is 23.5. The predicted octanol–water partition coefficient (Wildman–Crippen LogP) is 4.63. The number of carbonyl (C=O) groups excluding carboxylic acids is 1. The molecule has 176 valence electrons. The van der Waals surface area contributed by atoms with E-state index in [0.717, 1.165) is 50.2 Å². The fourth-order valence-corrected chi connectivity index (χ4v) is 5.11. The molecule has 2 aliphatic rings. The highest BCUT2D eigenvalue weighted by atomic mass is 16.5. The van der Waals surface area contributed by atoms with Gasteiger partial charge in [-0.3, -0.25) is 9.69 Å². The highest BCUT2D eigenvalue weighted by Crippen LogP contribution is 2.32. The van der Waals surface area contributed by atoms with E-state index in [1.54, 1.807) is 14.2 Å². The average molecular weight is 449 g/mol. The van der Waals surface area contributed by atoms with Gasteiger partial charge in [0.05, 0.1) is 13.7 Å². The molecule has 0 radical (unpaired) electrons. The van der Waals surface area contributed by atoms with Gasteiger partial charge in [0.25, 0.3) is 0 Å². The van der Waals surface area contributed by atoms with Crippen molar-refractivity contribution in [2.24, 2.45) is 11.8 Å². The third-order valence-electron chi connectivity index (χ3n) is 7.06. The van der Waals surface area contributed by atoms with Gasteiger partial charge in [0.15, 0.2) is 0 Å². The second-order valence-corrected chi connectivity index (χ2v) is 9.10. The SMILES string of the molecule is COCCN1CC=CC[C@@H](C2CCN(Cc3ccc(-c4ccccc4OC)cc3)CC2)C1=O. The van der Waals surface area contributed by atoms with Gasteiger partial charge < -0.3 is 14.4 Å². The highest BCUT2D eigenvalue weighted by molar-refractivity contribution is 5.80. The molecule has 2 aromatic rings. The lowest BCUT2D eigenvalue weighted by Crippen LogP contribution is -2.43. The molecule has 0 N–H and O–H groups in total. The molecule has 0 saturated carbocycles. The van der Waals surface area contributed by atoms with Gasteiger partial charge in [-0.1, -0.05) is 54.6 Å². The number of hydrogen-bond donors (Lipinski definition) is 0. The van der Waals surface area contributed by atoms with Gasteiger partial charge in [0.2, 0.25) is 5.91 Å². The maximum absolute atomic E-state index is 13.1. The van der Waals surface area contributed by atoms with Crippen molar-refractivity contribution in [1.82, 2.24) is 9.80 Å². The molecule has 2 aliphatic heterocycles. The van der Waals surface area contributed by atoms with Crippen molar-refractivity contribution >= 4 is 5.91 Å². The molecule has 0 aromatic heterocycles. The van der Waals surface area contributed by atoms with Crippen LogP contribution in [0.5, 0.6) is 5.75 Å². The van der Waals surface area contributed by atoms with Crippen LogP contribution in [0.2, 0.25) is 0 Å². The summed E-state index contributed by atoms with van der Waals surface area (Å²) in [5.74, 6) is 1.79. The summed E-state index contributed by atoms with van der Waals surface area (Å²) in [4.78, 5) is 17.6. The zero-order chi connectivity index (χ0) is 23.0. The van der Waals surface area contributed by atoms with Crippen LogP contribution in [0.1, 0.15) is 24.8 Å². The Morgan fingerprint density at radius 3 is 2.45 bits per heavy atom. The number of nitrogens with zero attached hydrogens (tertiary/aromatic N) is 2. The number of piperidine rings is 1. The monoisotopic (exact) mass is 448 g/mol. The van der Waals surface area contributed by atoms with Crippen molar-refractivity contribution in [2.45, 2.75) is 25.8 Å². The number of allylic oxidation sites excluding steroid dienone is 1. The second-order valence-electron chi connectivity index (χ2n) is 9.10. The zero-order valence-corrected chi connectivity index (χ0v) is 19.9. The Kier molecular flexibility index (Phi) is 8.19. The summed E-state index contributed by atoms with van der Waals surface area (Å²) in [5.41, 5.74) is 3.62. The van der Waals surface area contributed by atoms with Crippen molar-refractivity contribution in [3.63, 3.8) is 0 Å². The Balaban J connectivity index is 1.32. The minimum Gasteiger partial charge on any atom is -0.496 e. The van der Waals surface area contributed by atoms with Gasteiger partial charge >= 0.3 is 0 Å². The van der Waals surface area contributed by atoms with Gasteiger partial charge in [0, 0.05) is 38.2 Å². The number of rotatable bonds is 8. The van der Waals surface area contributed by atoms with Crippen LogP contribution >= 0.6 is 0 Å². The third kappa shape index (κ3) is 5.84. The minimum absolute atomic E-state index is 0.114. The summed E-state index contributed by atoms with van der Waals surface area (Å²) in [6.45, 7) is 5.04. The number of likely N-dealkylation sites (tertiary alicyclic amines) is 1. The molecule has 33 heavy (non-hydrogen) atoms. The van der Waals surface area contributed by atoms with Crippen molar-refractivity contribution < 1.29 is 14.3 Å². The number of amides is 1. The van der Waals surface area contributed by atoms with Gasteiger partial charge in [-0.15, -0.1) is 0 Å². The maximum atomic E-state index is 13.1. The number of para-hydroxylation sites is 1. The van der Waals surface area contributed by atoms with E-state index in [2.05, 4.69) is 47.4 Å². The standard InChI is InChI=1S/C28H36N2O3/c1-32-20-19-30-16-6-5-8-26(28(30)31)24-14-17-29(18-15-24)21-22-10-12-23(13-11-22)25-7-3-4-9-27(25)33-2/h3-7,9-13,24,26H,8,14-21H2,1-2H3/t26-/m0/s1. The molecule has 1 amide bonds. The summed E-state index contributed by atoms with van der Waals surface area (Å²) >= 11 is 0. The molecule has 0 spiro atoms. The summed E-state index contributed by atoms with van der Waals surface area (Å²) in [5, 5.41) is 0. The molecule has 5 nitrogen and oxygen atoms in total. The number of benzene rings is 2. The Labute approximate surface area is 198 Å². The van der Waals surface area contributed by atoms with Crippen molar-refractivity contribution in [2.75, 3.05) is 47.0 Å². The second kappa shape index (κ2) is 11.5. The number of ether oxygens (including phenoxy) is 2. The van der Waals surface area contributed by atoms with Crippen LogP contribution in [0.3, 0.4) is 0 Å². The van der Waals surface area contributed by atoms with E-state index in [0.29, 0.717) is 31.5 Å². The van der Waals surface area contributed by atoms with E-state index < -0.39 is 0 Å². The summed E-state index contributed by atoms with van der Waals surface area (Å²) in [7, 11) is 3.41. The fraction of sp³-hybridized carbons (Fsp3) is 0.464. The zero-order valence-electron chi connectivity index (χ0n) is 19.9. The van der Waals surface area contributed by atoms with E-state index in [-0.39, 0.29) is 5.92 Å². The molecule has 0 aliphatic carbocycles. The molecule has 0 unspecified atom stereocenters. The Bertz CT molecular complexity index is 932.